The van der Waals surface area contributed by atoms with E-state index in [4.69, 9.17) is 4.74 Å². The number of anilines is 1. The Balaban J connectivity index is 1.40. The SMILES string of the molecule is CC(OC(=O)c1ccc2c(c1)C(=O)N(CCc1ccccc1)C2=O)C(=O)Nc1cccc([N+](=O)[O-])c1. The van der Waals surface area contributed by atoms with Gasteiger partial charge in [-0.15, -0.1) is 0 Å². The molecule has 3 amide bonds. The van der Waals surface area contributed by atoms with Gasteiger partial charge in [-0.1, -0.05) is 36.4 Å². The number of imide groups is 1. The molecule has 10 nitrogen and oxygen atoms in total. The highest BCUT2D eigenvalue weighted by atomic mass is 16.6. The fourth-order valence-corrected chi connectivity index (χ4v) is 3.73. The molecule has 0 saturated heterocycles. The predicted molar refractivity (Wildman–Crippen MR) is 129 cm³/mol. The van der Waals surface area contributed by atoms with E-state index in [0.717, 1.165) is 10.5 Å². The number of hydrogen-bond donors (Lipinski definition) is 1. The van der Waals surface area contributed by atoms with Gasteiger partial charge in [0.2, 0.25) is 0 Å². The summed E-state index contributed by atoms with van der Waals surface area (Å²) in [6, 6.07) is 18.8. The maximum Gasteiger partial charge on any atom is 0.338 e. The van der Waals surface area contributed by atoms with Crippen LogP contribution in [0.1, 0.15) is 43.6 Å². The van der Waals surface area contributed by atoms with Crippen LogP contribution in [0.2, 0.25) is 0 Å². The average molecular weight is 487 g/mol. The number of nitrogens with one attached hydrogen (secondary N) is 1. The molecule has 0 bridgehead atoms. The van der Waals surface area contributed by atoms with Crippen molar-refractivity contribution in [2.24, 2.45) is 0 Å². The molecule has 1 unspecified atom stereocenters. The summed E-state index contributed by atoms with van der Waals surface area (Å²) in [5.41, 5.74) is 1.25. The second-order valence-corrected chi connectivity index (χ2v) is 8.10. The van der Waals surface area contributed by atoms with Crippen molar-refractivity contribution in [1.82, 2.24) is 4.90 Å². The standard InChI is InChI=1S/C26H21N3O7/c1-16(23(30)27-19-8-5-9-20(15-19)29(34)35)36-26(33)18-10-11-21-22(14-18)25(32)28(24(21)31)13-12-17-6-3-2-4-7-17/h2-11,14-16H,12-13H2,1H3,(H,27,30). The maximum absolute atomic E-state index is 12.9. The van der Waals surface area contributed by atoms with Crippen molar-refractivity contribution in [1.29, 1.82) is 0 Å². The number of nitro groups is 1. The van der Waals surface area contributed by atoms with Gasteiger partial charge < -0.3 is 10.1 Å². The summed E-state index contributed by atoms with van der Waals surface area (Å²) < 4.78 is 5.21. The number of nitrogens with zero attached hydrogens (tertiary/aromatic N) is 2. The van der Waals surface area contributed by atoms with Gasteiger partial charge in [-0.2, -0.15) is 0 Å². The molecule has 1 heterocycles. The first-order valence-electron chi connectivity index (χ1n) is 11.0. The molecule has 0 saturated carbocycles. The van der Waals surface area contributed by atoms with Crippen LogP contribution in [-0.4, -0.2) is 46.2 Å². The Labute approximate surface area is 205 Å². The minimum Gasteiger partial charge on any atom is -0.449 e. The van der Waals surface area contributed by atoms with Crippen LogP contribution in [0.25, 0.3) is 0 Å². The molecule has 36 heavy (non-hydrogen) atoms. The number of ether oxygens (including phenoxy) is 1. The summed E-state index contributed by atoms with van der Waals surface area (Å²) in [6.45, 7) is 1.54. The molecule has 10 heteroatoms. The van der Waals surface area contributed by atoms with Crippen LogP contribution < -0.4 is 5.32 Å². The number of carbonyl (C=O) groups is 4. The van der Waals surface area contributed by atoms with Crippen LogP contribution in [0.5, 0.6) is 0 Å². The van der Waals surface area contributed by atoms with E-state index in [2.05, 4.69) is 5.32 Å². The Morgan fingerprint density at radius 3 is 2.42 bits per heavy atom. The van der Waals surface area contributed by atoms with Crippen LogP contribution in [-0.2, 0) is 16.0 Å². The largest absolute Gasteiger partial charge is 0.449 e. The number of non-ortho nitro benzene ring substituents is 1. The van der Waals surface area contributed by atoms with Crippen molar-refractivity contribution in [3.8, 4) is 0 Å². The summed E-state index contributed by atoms with van der Waals surface area (Å²) in [5, 5.41) is 13.4. The highest BCUT2D eigenvalue weighted by molar-refractivity contribution is 6.22. The number of fused-ring (bicyclic) bond motifs is 1. The highest BCUT2D eigenvalue weighted by Crippen LogP contribution is 2.25. The molecular weight excluding hydrogens is 466 g/mol. The summed E-state index contributed by atoms with van der Waals surface area (Å²) >= 11 is 0. The molecule has 4 rings (SSSR count). The molecule has 1 N–H and O–H groups in total. The molecule has 1 aliphatic rings. The number of hydrogen-bond acceptors (Lipinski definition) is 7. The van der Waals surface area contributed by atoms with Crippen LogP contribution in [0.15, 0.2) is 72.8 Å². The zero-order valence-corrected chi connectivity index (χ0v) is 19.2. The minimum absolute atomic E-state index is 0.00908. The molecule has 3 aromatic carbocycles. The van der Waals surface area contributed by atoms with Gasteiger partial charge in [0, 0.05) is 24.4 Å². The lowest BCUT2D eigenvalue weighted by molar-refractivity contribution is -0.384. The average Bonchev–Trinajstić information content (AvgIpc) is 3.12. The quantitative estimate of drug-likeness (QED) is 0.222. The first-order valence-corrected chi connectivity index (χ1v) is 11.0. The van der Waals surface area contributed by atoms with E-state index >= 15 is 0 Å². The van der Waals surface area contributed by atoms with Gasteiger partial charge in [0.25, 0.3) is 23.4 Å². The minimum atomic E-state index is -1.23. The molecule has 0 aliphatic carbocycles. The van der Waals surface area contributed by atoms with E-state index in [9.17, 15) is 29.3 Å². The van der Waals surface area contributed by atoms with E-state index in [1.807, 2.05) is 30.3 Å². The van der Waals surface area contributed by atoms with Gasteiger partial charge in [-0.25, -0.2) is 4.79 Å². The Kier molecular flexibility index (Phi) is 6.86. The van der Waals surface area contributed by atoms with Crippen molar-refractivity contribution in [3.05, 3.63) is 105 Å². The number of benzene rings is 3. The number of esters is 1. The first kappa shape index (κ1) is 24.3. The molecular formula is C26H21N3O7. The first-order chi connectivity index (χ1) is 17.2. The van der Waals surface area contributed by atoms with Gasteiger partial charge in [-0.05, 0) is 43.2 Å². The highest BCUT2D eigenvalue weighted by Gasteiger charge is 2.36. The fraction of sp³-hybridized carbons (Fsp3) is 0.154. The second kappa shape index (κ2) is 10.2. The molecule has 3 aromatic rings. The van der Waals surface area contributed by atoms with Crippen molar-refractivity contribution in [2.45, 2.75) is 19.4 Å². The van der Waals surface area contributed by atoms with Crippen LogP contribution in [0, 0.1) is 10.1 Å². The lowest BCUT2D eigenvalue weighted by Crippen LogP contribution is -2.31. The Morgan fingerprint density at radius 2 is 1.69 bits per heavy atom. The zero-order chi connectivity index (χ0) is 25.8. The molecule has 0 fully saturated rings. The lowest BCUT2D eigenvalue weighted by atomic mass is 10.1. The summed E-state index contributed by atoms with van der Waals surface area (Å²) in [4.78, 5) is 62.1. The maximum atomic E-state index is 12.9. The van der Waals surface area contributed by atoms with Crippen LogP contribution in [0.4, 0.5) is 11.4 Å². The van der Waals surface area contributed by atoms with Gasteiger partial charge in [-0.3, -0.25) is 29.4 Å². The van der Waals surface area contributed by atoms with E-state index in [1.54, 1.807) is 0 Å². The van der Waals surface area contributed by atoms with Crippen LogP contribution in [0.3, 0.4) is 0 Å². The normalized spacial score (nSPS) is 13.2. The lowest BCUT2D eigenvalue weighted by Gasteiger charge is -2.14. The second-order valence-electron chi connectivity index (χ2n) is 8.10. The molecule has 1 aliphatic heterocycles. The van der Waals surface area contributed by atoms with Gasteiger partial charge in [0.05, 0.1) is 21.6 Å². The van der Waals surface area contributed by atoms with Gasteiger partial charge in [0.15, 0.2) is 6.10 Å². The number of carbonyl (C=O) groups excluding carboxylic acids is 4. The van der Waals surface area contributed by atoms with Crippen molar-refractivity contribution >= 4 is 35.1 Å². The van der Waals surface area contributed by atoms with Gasteiger partial charge in [0.1, 0.15) is 0 Å². The summed E-state index contributed by atoms with van der Waals surface area (Å²) in [6.07, 6.45) is -0.733. The smallest absolute Gasteiger partial charge is 0.338 e. The third-order valence-electron chi connectivity index (χ3n) is 5.65. The molecule has 0 aromatic heterocycles. The number of nitro benzene ring substituents is 1. The Hall–Kier alpha value is -4.86. The summed E-state index contributed by atoms with van der Waals surface area (Å²) in [5.74, 6) is -2.49. The van der Waals surface area contributed by atoms with E-state index < -0.39 is 34.7 Å². The molecule has 182 valence electrons. The third kappa shape index (κ3) is 5.12. The van der Waals surface area contributed by atoms with Crippen molar-refractivity contribution in [3.63, 3.8) is 0 Å². The van der Waals surface area contributed by atoms with Crippen molar-refractivity contribution in [2.75, 3.05) is 11.9 Å². The van der Waals surface area contributed by atoms with E-state index in [1.165, 1.54) is 49.4 Å². The van der Waals surface area contributed by atoms with Crippen LogP contribution >= 0.6 is 0 Å². The fourth-order valence-electron chi connectivity index (χ4n) is 3.73. The Bertz CT molecular complexity index is 1370. The number of amides is 3. The van der Waals surface area contributed by atoms with Gasteiger partial charge >= 0.3 is 5.97 Å². The molecule has 1 atom stereocenters. The Morgan fingerprint density at radius 1 is 0.972 bits per heavy atom. The number of rotatable bonds is 8. The molecule has 0 spiro atoms. The van der Waals surface area contributed by atoms with E-state index in [-0.39, 0.29) is 34.6 Å². The third-order valence-corrected chi connectivity index (χ3v) is 5.65. The zero-order valence-electron chi connectivity index (χ0n) is 19.2. The van der Waals surface area contributed by atoms with Crippen molar-refractivity contribution < 1.29 is 28.8 Å². The molecule has 0 radical (unpaired) electrons. The monoisotopic (exact) mass is 487 g/mol. The van der Waals surface area contributed by atoms with E-state index in [0.29, 0.717) is 6.42 Å². The predicted octanol–water partition coefficient (Wildman–Crippen LogP) is 3.62. The summed E-state index contributed by atoms with van der Waals surface area (Å²) in [7, 11) is 0. The topological polar surface area (TPSA) is 136 Å².